The molecule has 0 fully saturated rings. The highest BCUT2D eigenvalue weighted by molar-refractivity contribution is 7.89. The average molecular weight is 248 g/mol. The highest BCUT2D eigenvalue weighted by Crippen LogP contribution is 2.15. The van der Waals surface area contributed by atoms with Crippen molar-refractivity contribution in [3.05, 3.63) is 6.20 Å². The van der Waals surface area contributed by atoms with Crippen LogP contribution in [0.3, 0.4) is 0 Å². The van der Waals surface area contributed by atoms with Crippen LogP contribution in [0, 0.1) is 0 Å². The highest BCUT2D eigenvalue weighted by atomic mass is 32.2. The molecule has 92 valence electrons. The number of nitrogen functional groups attached to an aromatic ring is 1. The van der Waals surface area contributed by atoms with Crippen LogP contribution in [0.1, 0.15) is 19.8 Å². The van der Waals surface area contributed by atoms with Crippen molar-refractivity contribution in [3.63, 3.8) is 0 Å². The van der Waals surface area contributed by atoms with Gasteiger partial charge in [-0.05, 0) is 12.8 Å². The Bertz CT molecular complexity index is 428. The van der Waals surface area contributed by atoms with E-state index < -0.39 is 10.0 Å². The van der Waals surface area contributed by atoms with Crippen molar-refractivity contribution in [2.75, 3.05) is 12.3 Å². The van der Waals surface area contributed by atoms with Gasteiger partial charge in [0.05, 0.1) is 6.20 Å². The Labute approximate surface area is 94.1 Å². The number of aliphatic hydroxyl groups is 1. The molecule has 0 aliphatic heterocycles. The van der Waals surface area contributed by atoms with Crippen LogP contribution >= 0.6 is 0 Å². The summed E-state index contributed by atoms with van der Waals surface area (Å²) in [6, 6.07) is -0.302. The number of hydrogen-bond donors (Lipinski definition) is 4. The molecule has 0 aliphatic carbocycles. The van der Waals surface area contributed by atoms with Crippen LogP contribution in [0.4, 0.5) is 5.82 Å². The van der Waals surface area contributed by atoms with E-state index in [9.17, 15) is 8.42 Å². The van der Waals surface area contributed by atoms with Gasteiger partial charge < -0.3 is 10.8 Å². The predicted octanol–water partition coefficient (Wildman–Crippen LogP) is -0.569. The van der Waals surface area contributed by atoms with E-state index in [1.807, 2.05) is 6.92 Å². The van der Waals surface area contributed by atoms with Gasteiger partial charge in [-0.1, -0.05) is 6.92 Å². The molecule has 8 heteroatoms. The maximum atomic E-state index is 11.8. The summed E-state index contributed by atoms with van der Waals surface area (Å²) < 4.78 is 26.1. The van der Waals surface area contributed by atoms with Gasteiger partial charge in [-0.25, -0.2) is 13.1 Å². The molecule has 1 aromatic rings. The lowest BCUT2D eigenvalue weighted by molar-refractivity contribution is 0.270. The molecule has 0 saturated heterocycles. The van der Waals surface area contributed by atoms with Crippen LogP contribution in [0.25, 0.3) is 0 Å². The summed E-state index contributed by atoms with van der Waals surface area (Å²) in [5, 5.41) is 14.7. The third-order valence-electron chi connectivity index (χ3n) is 2.21. The number of aromatic amines is 1. The Balaban J connectivity index is 2.83. The SMILES string of the molecule is CCC(CCO)NS(=O)(=O)c1cn[nH]c1N. The van der Waals surface area contributed by atoms with Crippen LogP contribution in [0.2, 0.25) is 0 Å². The molecule has 1 atom stereocenters. The molecule has 0 aromatic carbocycles. The number of nitrogens with one attached hydrogen (secondary N) is 2. The minimum absolute atomic E-state index is 0.00588. The second-order valence-electron chi connectivity index (χ2n) is 3.39. The Morgan fingerprint density at radius 1 is 1.69 bits per heavy atom. The number of sulfonamides is 1. The Hall–Kier alpha value is -1.12. The second kappa shape index (κ2) is 5.28. The van der Waals surface area contributed by atoms with Gasteiger partial charge in [-0.15, -0.1) is 0 Å². The van der Waals surface area contributed by atoms with E-state index in [0.29, 0.717) is 12.8 Å². The molecular weight excluding hydrogens is 232 g/mol. The van der Waals surface area contributed by atoms with Crippen LogP contribution in [0.15, 0.2) is 11.1 Å². The summed E-state index contributed by atoms with van der Waals surface area (Å²) in [6.45, 7) is 1.77. The van der Waals surface area contributed by atoms with E-state index in [2.05, 4.69) is 14.9 Å². The van der Waals surface area contributed by atoms with Crippen molar-refractivity contribution in [3.8, 4) is 0 Å². The van der Waals surface area contributed by atoms with E-state index in [1.54, 1.807) is 0 Å². The largest absolute Gasteiger partial charge is 0.396 e. The van der Waals surface area contributed by atoms with Gasteiger partial charge >= 0.3 is 0 Å². The minimum Gasteiger partial charge on any atom is -0.396 e. The normalized spacial score (nSPS) is 13.9. The van der Waals surface area contributed by atoms with Gasteiger partial charge in [-0.2, -0.15) is 5.10 Å². The maximum Gasteiger partial charge on any atom is 0.246 e. The first kappa shape index (κ1) is 12.9. The Kier molecular flexibility index (Phi) is 4.27. The lowest BCUT2D eigenvalue weighted by atomic mass is 10.2. The molecule has 0 spiro atoms. The Morgan fingerprint density at radius 2 is 2.38 bits per heavy atom. The third-order valence-corrected chi connectivity index (χ3v) is 3.76. The number of aliphatic hydroxyl groups excluding tert-OH is 1. The zero-order chi connectivity index (χ0) is 12.2. The molecule has 1 unspecified atom stereocenters. The quantitative estimate of drug-likeness (QED) is 0.537. The zero-order valence-corrected chi connectivity index (χ0v) is 9.79. The number of rotatable bonds is 6. The third kappa shape index (κ3) is 2.94. The topological polar surface area (TPSA) is 121 Å². The van der Waals surface area contributed by atoms with Crippen molar-refractivity contribution in [2.45, 2.75) is 30.7 Å². The van der Waals surface area contributed by atoms with Gasteiger partial charge in [0, 0.05) is 12.6 Å². The molecule has 1 rings (SSSR count). The lowest BCUT2D eigenvalue weighted by Crippen LogP contribution is -2.35. The molecule has 0 radical (unpaired) electrons. The summed E-state index contributed by atoms with van der Waals surface area (Å²) in [6.07, 6.45) is 2.12. The van der Waals surface area contributed by atoms with Gasteiger partial charge in [0.1, 0.15) is 10.7 Å². The average Bonchev–Trinajstić information content (AvgIpc) is 2.64. The van der Waals surface area contributed by atoms with Crippen molar-refractivity contribution < 1.29 is 13.5 Å². The van der Waals surface area contributed by atoms with E-state index in [-0.39, 0.29) is 23.4 Å². The molecule has 1 aromatic heterocycles. The van der Waals surface area contributed by atoms with Gasteiger partial charge in [0.15, 0.2) is 0 Å². The lowest BCUT2D eigenvalue weighted by Gasteiger charge is -2.15. The summed E-state index contributed by atoms with van der Waals surface area (Å²) in [5.41, 5.74) is 5.43. The number of hydrogen-bond acceptors (Lipinski definition) is 5. The maximum absolute atomic E-state index is 11.8. The van der Waals surface area contributed by atoms with Crippen LogP contribution < -0.4 is 10.5 Å². The highest BCUT2D eigenvalue weighted by Gasteiger charge is 2.22. The van der Waals surface area contributed by atoms with Crippen molar-refractivity contribution in [1.29, 1.82) is 0 Å². The minimum atomic E-state index is -3.66. The summed E-state index contributed by atoms with van der Waals surface area (Å²) >= 11 is 0. The van der Waals surface area contributed by atoms with Crippen LogP contribution in [-0.2, 0) is 10.0 Å². The van der Waals surface area contributed by atoms with E-state index in [4.69, 9.17) is 10.8 Å². The molecule has 0 aliphatic rings. The van der Waals surface area contributed by atoms with E-state index in [0.717, 1.165) is 6.20 Å². The summed E-state index contributed by atoms with van der Waals surface area (Å²) in [4.78, 5) is -0.0658. The molecule has 7 nitrogen and oxygen atoms in total. The fourth-order valence-electron chi connectivity index (χ4n) is 1.28. The summed E-state index contributed by atoms with van der Waals surface area (Å²) in [5.74, 6) is 0.00588. The molecule has 5 N–H and O–H groups in total. The predicted molar refractivity (Wildman–Crippen MR) is 59.1 cm³/mol. The smallest absolute Gasteiger partial charge is 0.246 e. The fraction of sp³-hybridized carbons (Fsp3) is 0.625. The molecule has 1 heterocycles. The van der Waals surface area contributed by atoms with Crippen LogP contribution in [-0.4, -0.2) is 36.4 Å². The number of anilines is 1. The van der Waals surface area contributed by atoms with Gasteiger partial charge in [0.2, 0.25) is 10.0 Å². The first-order chi connectivity index (χ1) is 7.51. The van der Waals surface area contributed by atoms with Gasteiger partial charge in [0.25, 0.3) is 0 Å². The summed E-state index contributed by atoms with van der Waals surface area (Å²) in [7, 11) is -3.66. The monoisotopic (exact) mass is 248 g/mol. The van der Waals surface area contributed by atoms with Crippen LogP contribution in [0.5, 0.6) is 0 Å². The van der Waals surface area contributed by atoms with Crippen molar-refractivity contribution in [2.24, 2.45) is 0 Å². The molecule has 0 amide bonds. The van der Waals surface area contributed by atoms with E-state index in [1.165, 1.54) is 0 Å². The first-order valence-electron chi connectivity index (χ1n) is 4.93. The number of nitrogens with two attached hydrogens (primary N) is 1. The zero-order valence-electron chi connectivity index (χ0n) is 8.97. The molecule has 16 heavy (non-hydrogen) atoms. The van der Waals surface area contributed by atoms with Crippen molar-refractivity contribution >= 4 is 15.8 Å². The van der Waals surface area contributed by atoms with Crippen molar-refractivity contribution in [1.82, 2.24) is 14.9 Å². The number of aromatic nitrogens is 2. The van der Waals surface area contributed by atoms with E-state index >= 15 is 0 Å². The molecular formula is C8H16N4O3S. The fourth-order valence-corrected chi connectivity index (χ4v) is 2.66. The first-order valence-corrected chi connectivity index (χ1v) is 6.41. The number of H-pyrrole nitrogens is 1. The molecule has 0 bridgehead atoms. The molecule has 0 saturated carbocycles. The Morgan fingerprint density at radius 3 is 2.81 bits per heavy atom. The van der Waals surface area contributed by atoms with Gasteiger partial charge in [-0.3, -0.25) is 5.10 Å². The second-order valence-corrected chi connectivity index (χ2v) is 5.07. The standard InChI is InChI=1S/C8H16N4O3S/c1-2-6(3-4-13)12-16(14,15)7-5-10-11-8(7)9/h5-6,12-13H,2-4H2,1H3,(H3,9,10,11). The number of nitrogens with zero attached hydrogens (tertiary/aromatic N) is 1.